The van der Waals surface area contributed by atoms with Crippen LogP contribution in [0.1, 0.15) is 5.56 Å². The first-order chi connectivity index (χ1) is 11.1. The molecule has 0 fully saturated rings. The molecule has 2 aliphatic rings. The van der Waals surface area contributed by atoms with Crippen molar-refractivity contribution in [1.29, 1.82) is 0 Å². The molecule has 0 saturated carbocycles. The minimum atomic E-state index is -0.252. The van der Waals surface area contributed by atoms with Gasteiger partial charge in [-0.3, -0.25) is 19.6 Å². The highest BCUT2D eigenvalue weighted by Gasteiger charge is 2.37. The van der Waals surface area contributed by atoms with Crippen LogP contribution >= 0.6 is 11.6 Å². The monoisotopic (exact) mass is 336 g/mol. The molecule has 3 rings (SSSR count). The zero-order chi connectivity index (χ0) is 16.4. The average Bonchev–Trinajstić information content (AvgIpc) is 3.01. The van der Waals surface area contributed by atoms with Crippen LogP contribution in [0.25, 0.3) is 0 Å². The van der Waals surface area contributed by atoms with Gasteiger partial charge in [0.05, 0.1) is 18.8 Å². The quantitative estimate of drug-likeness (QED) is 0.818. The van der Waals surface area contributed by atoms with Gasteiger partial charge in [0.1, 0.15) is 12.4 Å². The van der Waals surface area contributed by atoms with Crippen LogP contribution in [0.2, 0.25) is 5.02 Å². The normalized spacial score (nSPS) is 16.1. The Bertz CT molecular complexity index is 677. The highest BCUT2D eigenvalue weighted by atomic mass is 35.5. The molecular formula is C15H17ClN4O3. The smallest absolute Gasteiger partial charge is 0.330 e. The van der Waals surface area contributed by atoms with E-state index in [0.717, 1.165) is 5.56 Å². The fraction of sp³-hybridized carbons (Fsp3) is 0.400. The Kier molecular flexibility index (Phi) is 4.49. The first-order valence-corrected chi connectivity index (χ1v) is 7.68. The van der Waals surface area contributed by atoms with Crippen LogP contribution in [0.4, 0.5) is 10.5 Å². The molecule has 0 bridgehead atoms. The minimum absolute atomic E-state index is 0.0698. The number of rotatable bonds is 5. The molecule has 0 saturated heterocycles. The predicted molar refractivity (Wildman–Crippen MR) is 87.2 cm³/mol. The van der Waals surface area contributed by atoms with E-state index in [1.165, 1.54) is 4.90 Å². The molecule has 1 aromatic carbocycles. The van der Waals surface area contributed by atoms with E-state index in [0.29, 0.717) is 42.8 Å². The summed E-state index contributed by atoms with van der Waals surface area (Å²) in [6.07, 6.45) is 0. The van der Waals surface area contributed by atoms with Gasteiger partial charge in [0.2, 0.25) is 5.91 Å². The highest BCUT2D eigenvalue weighted by Crippen LogP contribution is 2.32. The van der Waals surface area contributed by atoms with Gasteiger partial charge in [-0.05, 0) is 18.2 Å². The lowest BCUT2D eigenvalue weighted by molar-refractivity contribution is -0.119. The number of urea groups is 1. The number of hydrogen-bond donors (Lipinski definition) is 1. The third-order valence-corrected chi connectivity index (χ3v) is 3.96. The van der Waals surface area contributed by atoms with E-state index in [-0.39, 0.29) is 18.5 Å². The van der Waals surface area contributed by atoms with Crippen molar-refractivity contribution >= 4 is 35.1 Å². The molecule has 2 heterocycles. The van der Waals surface area contributed by atoms with Crippen molar-refractivity contribution in [3.8, 4) is 0 Å². The number of carbonyl (C=O) groups is 2. The summed E-state index contributed by atoms with van der Waals surface area (Å²) in [6, 6.07) is 5.02. The lowest BCUT2D eigenvalue weighted by atomic mass is 10.1. The van der Waals surface area contributed by atoms with Crippen LogP contribution in [-0.2, 0) is 9.53 Å². The maximum Gasteiger partial charge on any atom is 0.330 e. The number of hydrogen-bond acceptors (Lipinski definition) is 4. The molecule has 0 radical (unpaired) electrons. The van der Waals surface area contributed by atoms with Crippen molar-refractivity contribution in [1.82, 2.24) is 10.2 Å². The summed E-state index contributed by atoms with van der Waals surface area (Å²) < 4.78 is 4.90. The number of carbonyl (C=O) groups excluding carboxylic acids is 2. The lowest BCUT2D eigenvalue weighted by Crippen LogP contribution is -2.53. The van der Waals surface area contributed by atoms with Gasteiger partial charge >= 0.3 is 6.03 Å². The summed E-state index contributed by atoms with van der Waals surface area (Å²) in [4.78, 5) is 32.2. The number of halogens is 1. The number of methoxy groups -OCH3 is 1. The van der Waals surface area contributed by atoms with E-state index in [1.807, 2.05) is 6.07 Å². The van der Waals surface area contributed by atoms with E-state index in [4.69, 9.17) is 16.3 Å². The van der Waals surface area contributed by atoms with Crippen LogP contribution in [0.5, 0.6) is 0 Å². The second kappa shape index (κ2) is 6.55. The Labute approximate surface area is 138 Å². The number of amidine groups is 1. The largest absolute Gasteiger partial charge is 0.383 e. The van der Waals surface area contributed by atoms with Gasteiger partial charge in [-0.2, -0.15) is 0 Å². The molecule has 0 aliphatic carbocycles. The predicted octanol–water partition coefficient (Wildman–Crippen LogP) is 1.10. The molecule has 0 aromatic heterocycles. The summed E-state index contributed by atoms with van der Waals surface area (Å²) in [6.45, 7) is 1.84. The standard InChI is InChI=1S/C15H17ClN4O3/c1-23-7-5-17-13(21)9-20-12-8-10(16)2-3-11(12)14-18-4-6-19(14)15(20)22/h2-3,8H,4-7,9H2,1H3,(H,17,21). The van der Waals surface area contributed by atoms with Crippen molar-refractivity contribution in [2.45, 2.75) is 0 Å². The van der Waals surface area contributed by atoms with Gasteiger partial charge in [-0.25, -0.2) is 4.79 Å². The van der Waals surface area contributed by atoms with E-state index >= 15 is 0 Å². The fourth-order valence-corrected chi connectivity index (χ4v) is 2.84. The Morgan fingerprint density at radius 3 is 3.09 bits per heavy atom. The van der Waals surface area contributed by atoms with E-state index < -0.39 is 0 Å². The summed E-state index contributed by atoms with van der Waals surface area (Å²) in [5, 5.41) is 3.22. The molecule has 23 heavy (non-hydrogen) atoms. The SMILES string of the molecule is COCCNC(=O)CN1C(=O)N2CCN=C2c2ccc(Cl)cc21. The molecule has 122 valence electrons. The van der Waals surface area contributed by atoms with Crippen LogP contribution < -0.4 is 10.2 Å². The highest BCUT2D eigenvalue weighted by molar-refractivity contribution is 6.31. The topological polar surface area (TPSA) is 74.2 Å². The molecule has 0 spiro atoms. The molecule has 0 unspecified atom stereocenters. The van der Waals surface area contributed by atoms with Gasteiger partial charge in [0.25, 0.3) is 0 Å². The number of nitrogens with zero attached hydrogens (tertiary/aromatic N) is 3. The second-order valence-corrected chi connectivity index (χ2v) is 5.67. The molecule has 8 heteroatoms. The molecule has 7 nitrogen and oxygen atoms in total. The maximum atomic E-state index is 12.7. The zero-order valence-electron chi connectivity index (χ0n) is 12.7. The number of nitrogens with one attached hydrogen (secondary N) is 1. The minimum Gasteiger partial charge on any atom is -0.383 e. The van der Waals surface area contributed by atoms with Crippen LogP contribution in [0, 0.1) is 0 Å². The fourth-order valence-electron chi connectivity index (χ4n) is 2.67. The second-order valence-electron chi connectivity index (χ2n) is 5.23. The summed E-state index contributed by atoms with van der Waals surface area (Å²) >= 11 is 6.06. The van der Waals surface area contributed by atoms with E-state index in [9.17, 15) is 9.59 Å². The van der Waals surface area contributed by atoms with Crippen molar-refractivity contribution in [3.63, 3.8) is 0 Å². The van der Waals surface area contributed by atoms with Crippen molar-refractivity contribution < 1.29 is 14.3 Å². The van der Waals surface area contributed by atoms with Gasteiger partial charge in [0.15, 0.2) is 0 Å². The van der Waals surface area contributed by atoms with Crippen molar-refractivity contribution in [2.75, 3.05) is 44.8 Å². The summed E-state index contributed by atoms with van der Waals surface area (Å²) in [5.41, 5.74) is 1.43. The average molecular weight is 337 g/mol. The summed E-state index contributed by atoms with van der Waals surface area (Å²) in [7, 11) is 1.56. The number of aliphatic imine (C=N–C) groups is 1. The number of benzene rings is 1. The first-order valence-electron chi connectivity index (χ1n) is 7.31. The zero-order valence-corrected chi connectivity index (χ0v) is 13.5. The first kappa shape index (κ1) is 15.8. The van der Waals surface area contributed by atoms with Gasteiger partial charge in [0, 0.05) is 30.8 Å². The van der Waals surface area contributed by atoms with E-state index in [1.54, 1.807) is 24.1 Å². The maximum absolute atomic E-state index is 12.7. The molecule has 1 aromatic rings. The number of ether oxygens (including phenoxy) is 1. The third kappa shape index (κ3) is 3.02. The number of fused-ring (bicyclic) bond motifs is 3. The number of amides is 3. The van der Waals surface area contributed by atoms with Crippen LogP contribution in [0.15, 0.2) is 23.2 Å². The van der Waals surface area contributed by atoms with Gasteiger partial charge < -0.3 is 10.1 Å². The third-order valence-electron chi connectivity index (χ3n) is 3.72. The molecular weight excluding hydrogens is 320 g/mol. The Morgan fingerprint density at radius 2 is 2.30 bits per heavy atom. The number of anilines is 1. The van der Waals surface area contributed by atoms with Crippen molar-refractivity contribution in [3.05, 3.63) is 28.8 Å². The molecule has 3 amide bonds. The Morgan fingerprint density at radius 1 is 1.48 bits per heavy atom. The van der Waals surface area contributed by atoms with Crippen LogP contribution in [0.3, 0.4) is 0 Å². The van der Waals surface area contributed by atoms with Crippen LogP contribution in [-0.4, -0.2) is 62.6 Å². The molecule has 1 N–H and O–H groups in total. The summed E-state index contributed by atoms with van der Waals surface area (Å²) in [5.74, 6) is 0.401. The van der Waals surface area contributed by atoms with E-state index in [2.05, 4.69) is 10.3 Å². The van der Waals surface area contributed by atoms with Crippen molar-refractivity contribution in [2.24, 2.45) is 4.99 Å². The lowest BCUT2D eigenvalue weighted by Gasteiger charge is -2.35. The molecule has 2 aliphatic heterocycles. The Hall–Kier alpha value is -2.12. The Balaban J connectivity index is 1.87. The van der Waals surface area contributed by atoms with Gasteiger partial charge in [-0.15, -0.1) is 0 Å². The van der Waals surface area contributed by atoms with Gasteiger partial charge in [-0.1, -0.05) is 11.6 Å². The molecule has 0 atom stereocenters.